The second kappa shape index (κ2) is 5.28. The van der Waals surface area contributed by atoms with Crippen molar-refractivity contribution < 1.29 is 0 Å². The Bertz CT molecular complexity index is 835. The highest BCUT2D eigenvalue weighted by Gasteiger charge is 2.04. The predicted molar refractivity (Wildman–Crippen MR) is 82.2 cm³/mol. The van der Waals surface area contributed by atoms with Crippen LogP contribution >= 0.6 is 0 Å². The van der Waals surface area contributed by atoms with E-state index in [9.17, 15) is 4.79 Å². The van der Waals surface area contributed by atoms with Gasteiger partial charge in [-0.3, -0.25) is 14.5 Å². The summed E-state index contributed by atoms with van der Waals surface area (Å²) in [6, 6.07) is 5.09. The van der Waals surface area contributed by atoms with Crippen molar-refractivity contribution in [3.05, 3.63) is 46.5 Å². The Hall–Kier alpha value is -2.83. The van der Waals surface area contributed by atoms with Crippen LogP contribution < -0.4 is 16.6 Å². The van der Waals surface area contributed by atoms with E-state index in [1.54, 1.807) is 24.4 Å². The van der Waals surface area contributed by atoms with Crippen LogP contribution in [0.15, 0.2) is 35.4 Å². The number of hydrogen-bond acceptors (Lipinski definition) is 5. The Labute approximate surface area is 120 Å². The fourth-order valence-corrected chi connectivity index (χ4v) is 2.12. The summed E-state index contributed by atoms with van der Waals surface area (Å²) >= 11 is 0. The van der Waals surface area contributed by atoms with Crippen molar-refractivity contribution in [3.8, 4) is 0 Å². The third-order valence-electron chi connectivity index (χ3n) is 3.13. The minimum absolute atomic E-state index is 0.204. The Kier molecular flexibility index (Phi) is 3.31. The number of nitrogens with zero attached hydrogens (tertiary/aromatic N) is 3. The highest BCUT2D eigenvalue weighted by Crippen LogP contribution is 2.12. The first-order valence-corrected chi connectivity index (χ1v) is 6.64. The molecule has 108 valence electrons. The Balaban J connectivity index is 1.75. The molecule has 0 unspecified atom stereocenters. The predicted octanol–water partition coefficient (Wildman–Crippen LogP) is 1.12. The van der Waals surface area contributed by atoms with Gasteiger partial charge in [0.2, 0.25) is 5.95 Å². The second-order valence-corrected chi connectivity index (χ2v) is 4.90. The molecule has 3 aromatic rings. The quantitative estimate of drug-likeness (QED) is 0.623. The van der Waals surface area contributed by atoms with Crippen LogP contribution in [0.5, 0.6) is 0 Å². The Morgan fingerprint density at radius 2 is 2.29 bits per heavy atom. The monoisotopic (exact) mass is 284 g/mol. The molecule has 2 heterocycles. The molecule has 0 atom stereocenters. The summed E-state index contributed by atoms with van der Waals surface area (Å²) in [6.07, 6.45) is 3.77. The average molecular weight is 284 g/mol. The Morgan fingerprint density at radius 3 is 3.05 bits per heavy atom. The van der Waals surface area contributed by atoms with Gasteiger partial charge in [0.15, 0.2) is 0 Å². The number of hydrogen-bond donors (Lipinski definition) is 3. The van der Waals surface area contributed by atoms with Crippen molar-refractivity contribution in [2.24, 2.45) is 0 Å². The lowest BCUT2D eigenvalue weighted by Gasteiger charge is -2.07. The molecule has 0 spiro atoms. The highest BCUT2D eigenvalue weighted by molar-refractivity contribution is 5.81. The van der Waals surface area contributed by atoms with Crippen molar-refractivity contribution in [2.45, 2.75) is 13.5 Å². The van der Waals surface area contributed by atoms with E-state index in [0.717, 1.165) is 5.56 Å². The fourth-order valence-electron chi connectivity index (χ4n) is 2.12. The number of nitrogen functional groups attached to an aromatic ring is 1. The molecule has 7 heteroatoms. The SMILES string of the molecule is Cc1cnn(CCNc2nc3ccc(N)cc3c(=O)[nH]2)c1. The number of aryl methyl sites for hydroxylation is 1. The van der Waals surface area contributed by atoms with Crippen molar-refractivity contribution in [2.75, 3.05) is 17.6 Å². The van der Waals surface area contributed by atoms with Crippen LogP contribution in [-0.2, 0) is 6.54 Å². The smallest absolute Gasteiger partial charge is 0.260 e. The van der Waals surface area contributed by atoms with Gasteiger partial charge in [0.25, 0.3) is 5.56 Å². The van der Waals surface area contributed by atoms with Crippen LogP contribution in [0.3, 0.4) is 0 Å². The van der Waals surface area contributed by atoms with Gasteiger partial charge < -0.3 is 11.1 Å². The molecule has 21 heavy (non-hydrogen) atoms. The van der Waals surface area contributed by atoms with Gasteiger partial charge in [0, 0.05) is 18.4 Å². The third-order valence-corrected chi connectivity index (χ3v) is 3.13. The number of fused-ring (bicyclic) bond motifs is 1. The molecule has 2 aromatic heterocycles. The topological polar surface area (TPSA) is 102 Å². The average Bonchev–Trinajstić information content (AvgIpc) is 2.85. The molecule has 0 amide bonds. The van der Waals surface area contributed by atoms with Gasteiger partial charge in [-0.1, -0.05) is 0 Å². The Morgan fingerprint density at radius 1 is 1.43 bits per heavy atom. The number of aromatic nitrogens is 4. The van der Waals surface area contributed by atoms with E-state index in [4.69, 9.17) is 5.73 Å². The van der Waals surface area contributed by atoms with E-state index < -0.39 is 0 Å². The molecule has 4 N–H and O–H groups in total. The van der Waals surface area contributed by atoms with Gasteiger partial charge in [-0.25, -0.2) is 4.98 Å². The summed E-state index contributed by atoms with van der Waals surface area (Å²) < 4.78 is 1.84. The lowest BCUT2D eigenvalue weighted by molar-refractivity contribution is 0.636. The first kappa shape index (κ1) is 13.2. The van der Waals surface area contributed by atoms with Crippen molar-refractivity contribution in [1.29, 1.82) is 0 Å². The first-order chi connectivity index (χ1) is 10.1. The molecule has 7 nitrogen and oxygen atoms in total. The summed E-state index contributed by atoms with van der Waals surface area (Å²) in [5, 5.41) is 7.77. The van der Waals surface area contributed by atoms with Gasteiger partial charge >= 0.3 is 0 Å². The summed E-state index contributed by atoms with van der Waals surface area (Å²) in [7, 11) is 0. The summed E-state index contributed by atoms with van der Waals surface area (Å²) in [5.74, 6) is 0.446. The van der Waals surface area contributed by atoms with Gasteiger partial charge in [0.1, 0.15) is 0 Å². The zero-order chi connectivity index (χ0) is 14.8. The van der Waals surface area contributed by atoms with E-state index in [0.29, 0.717) is 35.6 Å². The van der Waals surface area contributed by atoms with E-state index >= 15 is 0 Å². The van der Waals surface area contributed by atoms with Crippen LogP contribution in [0.2, 0.25) is 0 Å². The number of benzene rings is 1. The fraction of sp³-hybridized carbons (Fsp3) is 0.214. The maximum atomic E-state index is 12.0. The van der Waals surface area contributed by atoms with E-state index in [-0.39, 0.29) is 5.56 Å². The standard InChI is InChI=1S/C14H16N6O/c1-9-7-17-20(8-9)5-4-16-14-18-12-3-2-10(15)6-11(12)13(21)19-14/h2-3,6-8H,4-5,15H2,1H3,(H2,16,18,19,21). The van der Waals surface area contributed by atoms with Crippen LogP contribution in [0, 0.1) is 6.92 Å². The zero-order valence-electron chi connectivity index (χ0n) is 11.6. The molecule has 0 saturated carbocycles. The number of aromatic amines is 1. The zero-order valence-corrected chi connectivity index (χ0v) is 11.6. The van der Waals surface area contributed by atoms with E-state index in [1.807, 2.05) is 17.8 Å². The maximum Gasteiger partial charge on any atom is 0.260 e. The first-order valence-electron chi connectivity index (χ1n) is 6.64. The van der Waals surface area contributed by atoms with Crippen LogP contribution in [0.25, 0.3) is 10.9 Å². The molecule has 0 aliphatic carbocycles. The lowest BCUT2D eigenvalue weighted by atomic mass is 10.2. The van der Waals surface area contributed by atoms with Crippen molar-refractivity contribution in [1.82, 2.24) is 19.7 Å². The number of anilines is 2. The summed E-state index contributed by atoms with van der Waals surface area (Å²) in [5.41, 5.74) is 7.75. The molecule has 1 aromatic carbocycles. The number of nitrogens with one attached hydrogen (secondary N) is 2. The second-order valence-electron chi connectivity index (χ2n) is 4.90. The van der Waals surface area contributed by atoms with Crippen LogP contribution in [0.1, 0.15) is 5.56 Å². The van der Waals surface area contributed by atoms with Crippen molar-refractivity contribution >= 4 is 22.5 Å². The summed E-state index contributed by atoms with van der Waals surface area (Å²) in [4.78, 5) is 19.0. The minimum atomic E-state index is -0.204. The van der Waals surface area contributed by atoms with Crippen LogP contribution in [0.4, 0.5) is 11.6 Å². The lowest BCUT2D eigenvalue weighted by Crippen LogP contribution is -2.17. The summed E-state index contributed by atoms with van der Waals surface area (Å²) in [6.45, 7) is 3.30. The normalized spacial score (nSPS) is 10.9. The number of H-pyrrole nitrogens is 1. The maximum absolute atomic E-state index is 12.0. The largest absolute Gasteiger partial charge is 0.399 e. The molecule has 3 rings (SSSR count). The van der Waals surface area contributed by atoms with Gasteiger partial charge in [-0.15, -0.1) is 0 Å². The van der Waals surface area contributed by atoms with Gasteiger partial charge in [-0.05, 0) is 30.7 Å². The third kappa shape index (κ3) is 2.86. The van der Waals surface area contributed by atoms with Gasteiger partial charge in [0.05, 0.1) is 23.6 Å². The molecule has 0 aliphatic heterocycles. The van der Waals surface area contributed by atoms with E-state index in [2.05, 4.69) is 20.4 Å². The molecule has 0 aliphatic rings. The molecule has 0 radical (unpaired) electrons. The van der Waals surface area contributed by atoms with E-state index in [1.165, 1.54) is 0 Å². The number of nitrogens with two attached hydrogens (primary N) is 1. The molecular formula is C14H16N6O. The van der Waals surface area contributed by atoms with Crippen LogP contribution in [-0.4, -0.2) is 26.3 Å². The molecule has 0 fully saturated rings. The molecule has 0 bridgehead atoms. The minimum Gasteiger partial charge on any atom is -0.399 e. The number of rotatable bonds is 4. The van der Waals surface area contributed by atoms with Crippen molar-refractivity contribution in [3.63, 3.8) is 0 Å². The molecular weight excluding hydrogens is 268 g/mol. The highest BCUT2D eigenvalue weighted by atomic mass is 16.1. The van der Waals surface area contributed by atoms with Gasteiger partial charge in [-0.2, -0.15) is 5.10 Å². The molecule has 0 saturated heterocycles.